The zero-order valence-corrected chi connectivity index (χ0v) is 20.2. The van der Waals surface area contributed by atoms with Crippen molar-refractivity contribution >= 4 is 0 Å². The highest BCUT2D eigenvalue weighted by Crippen LogP contribution is 2.34. The van der Waals surface area contributed by atoms with Gasteiger partial charge in [-0.25, -0.2) is 8.78 Å². The van der Waals surface area contributed by atoms with Crippen LogP contribution in [-0.2, 0) is 4.74 Å². The summed E-state index contributed by atoms with van der Waals surface area (Å²) in [7, 11) is 0. The van der Waals surface area contributed by atoms with E-state index in [4.69, 9.17) is 9.47 Å². The third-order valence-electron chi connectivity index (χ3n) is 6.58. The summed E-state index contributed by atoms with van der Waals surface area (Å²) in [6.45, 7) is 4.52. The van der Waals surface area contributed by atoms with Crippen molar-refractivity contribution in [2.24, 2.45) is 0 Å². The summed E-state index contributed by atoms with van der Waals surface area (Å²) in [6.07, 6.45) is 8.30. The van der Waals surface area contributed by atoms with Gasteiger partial charge in [-0.3, -0.25) is 0 Å². The molecule has 0 aromatic heterocycles. The van der Waals surface area contributed by atoms with Crippen LogP contribution in [0.5, 0.6) is 5.75 Å². The zero-order valence-electron chi connectivity index (χ0n) is 20.2. The number of benzene rings is 3. The van der Waals surface area contributed by atoms with Gasteiger partial charge in [0.1, 0.15) is 5.82 Å². The Bertz CT molecular complexity index is 1160. The quantitative estimate of drug-likeness (QED) is 0.301. The molecule has 2 nitrogen and oxygen atoms in total. The van der Waals surface area contributed by atoms with Gasteiger partial charge in [-0.2, -0.15) is 4.39 Å². The van der Waals surface area contributed by atoms with Gasteiger partial charge in [0, 0.05) is 11.5 Å². The van der Waals surface area contributed by atoms with Crippen molar-refractivity contribution in [3.05, 3.63) is 89.8 Å². The lowest BCUT2D eigenvalue weighted by molar-refractivity contribution is -0.000797. The lowest BCUT2D eigenvalue weighted by atomic mass is 9.89. The van der Waals surface area contributed by atoms with Gasteiger partial charge in [-0.05, 0) is 80.0 Å². The van der Waals surface area contributed by atoms with E-state index in [1.807, 2.05) is 25.1 Å². The standard InChI is InChI=1S/C30H31F3O2/c1-3-5-6-7-24-14-12-23(19-35-24)25-15-13-22(18-27(25)31)20-8-10-21(11-9-20)26-16-17-28(34-4-2)30(33)29(26)32/h3,5,8-11,13,15-18,23-24H,4,6-7,12,14,19H2,1-2H3/b5-3+. The number of ether oxygens (including phenoxy) is 2. The summed E-state index contributed by atoms with van der Waals surface area (Å²) >= 11 is 0. The van der Waals surface area contributed by atoms with E-state index in [0.717, 1.165) is 36.8 Å². The first kappa shape index (κ1) is 25.1. The predicted octanol–water partition coefficient (Wildman–Crippen LogP) is 8.46. The van der Waals surface area contributed by atoms with Gasteiger partial charge < -0.3 is 9.47 Å². The van der Waals surface area contributed by atoms with Gasteiger partial charge >= 0.3 is 0 Å². The topological polar surface area (TPSA) is 18.5 Å². The van der Waals surface area contributed by atoms with Crippen molar-refractivity contribution in [3.8, 4) is 28.0 Å². The number of hydrogen-bond donors (Lipinski definition) is 0. The van der Waals surface area contributed by atoms with Gasteiger partial charge in [0.05, 0.1) is 19.3 Å². The molecule has 0 amide bonds. The first-order valence-corrected chi connectivity index (χ1v) is 12.3. The molecule has 1 saturated heterocycles. The molecule has 5 heteroatoms. The smallest absolute Gasteiger partial charge is 0.201 e. The molecule has 1 aliphatic heterocycles. The van der Waals surface area contributed by atoms with Crippen LogP contribution in [0.3, 0.4) is 0 Å². The van der Waals surface area contributed by atoms with Crippen LogP contribution in [0, 0.1) is 17.5 Å². The minimum atomic E-state index is -0.998. The lowest BCUT2D eigenvalue weighted by Crippen LogP contribution is -2.25. The molecule has 0 aliphatic carbocycles. The van der Waals surface area contributed by atoms with Gasteiger partial charge in [0.15, 0.2) is 11.6 Å². The Morgan fingerprint density at radius 1 is 0.914 bits per heavy atom. The van der Waals surface area contributed by atoms with Gasteiger partial charge in [-0.15, -0.1) is 0 Å². The summed E-state index contributed by atoms with van der Waals surface area (Å²) in [6, 6.07) is 15.2. The van der Waals surface area contributed by atoms with Gasteiger partial charge in [0.25, 0.3) is 0 Å². The molecule has 35 heavy (non-hydrogen) atoms. The highest BCUT2D eigenvalue weighted by atomic mass is 19.2. The average molecular weight is 481 g/mol. The molecule has 0 bridgehead atoms. The van der Waals surface area contributed by atoms with E-state index in [-0.39, 0.29) is 35.8 Å². The number of hydrogen-bond acceptors (Lipinski definition) is 2. The predicted molar refractivity (Wildman–Crippen MR) is 134 cm³/mol. The maximum Gasteiger partial charge on any atom is 0.201 e. The van der Waals surface area contributed by atoms with E-state index in [2.05, 4.69) is 6.08 Å². The normalized spacial score (nSPS) is 18.2. The fraction of sp³-hybridized carbons (Fsp3) is 0.333. The Balaban J connectivity index is 1.45. The molecule has 3 aromatic carbocycles. The highest BCUT2D eigenvalue weighted by molar-refractivity contribution is 5.71. The molecule has 0 radical (unpaired) electrons. The second-order valence-electron chi connectivity index (χ2n) is 8.86. The first-order valence-electron chi connectivity index (χ1n) is 12.3. The Labute approximate surface area is 205 Å². The van der Waals surface area contributed by atoms with Crippen LogP contribution in [0.25, 0.3) is 22.3 Å². The van der Waals surface area contributed by atoms with Crippen LogP contribution in [0.4, 0.5) is 13.2 Å². The summed E-state index contributed by atoms with van der Waals surface area (Å²) in [5, 5.41) is 0. The van der Waals surface area contributed by atoms with Gasteiger partial charge in [-0.1, -0.05) is 48.6 Å². The van der Waals surface area contributed by atoms with Crippen molar-refractivity contribution in [1.29, 1.82) is 0 Å². The van der Waals surface area contributed by atoms with Crippen LogP contribution in [-0.4, -0.2) is 19.3 Å². The minimum Gasteiger partial charge on any atom is -0.491 e. The van der Waals surface area contributed by atoms with E-state index in [0.29, 0.717) is 17.7 Å². The second kappa shape index (κ2) is 11.6. The van der Waals surface area contributed by atoms with Crippen LogP contribution >= 0.6 is 0 Å². The molecule has 0 spiro atoms. The molecular weight excluding hydrogens is 449 g/mol. The summed E-state index contributed by atoms with van der Waals surface area (Å²) in [5.74, 6) is -2.23. The monoisotopic (exact) mass is 480 g/mol. The number of halogens is 3. The van der Waals surface area contributed by atoms with Crippen molar-refractivity contribution < 1.29 is 22.6 Å². The fourth-order valence-corrected chi connectivity index (χ4v) is 4.63. The van der Waals surface area contributed by atoms with Gasteiger partial charge in [0.2, 0.25) is 5.82 Å². The highest BCUT2D eigenvalue weighted by Gasteiger charge is 2.25. The van der Waals surface area contributed by atoms with E-state index in [9.17, 15) is 8.78 Å². The Kier molecular flexibility index (Phi) is 8.29. The maximum absolute atomic E-state index is 15.0. The molecule has 1 heterocycles. The Morgan fingerprint density at radius 3 is 2.31 bits per heavy atom. The fourth-order valence-electron chi connectivity index (χ4n) is 4.63. The molecule has 0 N–H and O–H groups in total. The lowest BCUT2D eigenvalue weighted by Gasteiger charge is -2.29. The van der Waals surface area contributed by atoms with Crippen LogP contribution in [0.1, 0.15) is 51.0 Å². The molecular formula is C30H31F3O2. The molecule has 3 aromatic rings. The number of rotatable bonds is 8. The third-order valence-corrected chi connectivity index (χ3v) is 6.58. The van der Waals surface area contributed by atoms with E-state index >= 15 is 4.39 Å². The summed E-state index contributed by atoms with van der Waals surface area (Å²) in [5.41, 5.74) is 2.91. The molecule has 0 saturated carbocycles. The molecule has 4 rings (SSSR count). The van der Waals surface area contributed by atoms with Crippen molar-refractivity contribution in [2.45, 2.75) is 51.6 Å². The van der Waals surface area contributed by atoms with Crippen molar-refractivity contribution in [2.75, 3.05) is 13.2 Å². The summed E-state index contributed by atoms with van der Waals surface area (Å²) in [4.78, 5) is 0. The molecule has 1 aliphatic rings. The van der Waals surface area contributed by atoms with Crippen molar-refractivity contribution in [3.63, 3.8) is 0 Å². The maximum atomic E-state index is 15.0. The SMILES string of the molecule is C/C=C/CCC1CCC(c2ccc(-c3ccc(-c4ccc(OCC)c(F)c4F)cc3)cc2F)CO1. The molecule has 1 fully saturated rings. The first-order chi connectivity index (χ1) is 17.0. The Morgan fingerprint density at radius 2 is 1.66 bits per heavy atom. The largest absolute Gasteiger partial charge is 0.491 e. The second-order valence-corrected chi connectivity index (χ2v) is 8.86. The molecule has 184 valence electrons. The third kappa shape index (κ3) is 5.79. The van der Waals surface area contributed by atoms with E-state index in [1.165, 1.54) is 12.1 Å². The zero-order chi connectivity index (χ0) is 24.8. The van der Waals surface area contributed by atoms with E-state index < -0.39 is 11.6 Å². The average Bonchev–Trinajstić information content (AvgIpc) is 2.88. The molecule has 2 unspecified atom stereocenters. The van der Waals surface area contributed by atoms with Crippen LogP contribution in [0.2, 0.25) is 0 Å². The van der Waals surface area contributed by atoms with Crippen LogP contribution in [0.15, 0.2) is 66.7 Å². The van der Waals surface area contributed by atoms with Crippen molar-refractivity contribution in [1.82, 2.24) is 0 Å². The van der Waals surface area contributed by atoms with Crippen LogP contribution < -0.4 is 4.74 Å². The van der Waals surface area contributed by atoms with E-state index in [1.54, 1.807) is 37.3 Å². The number of allylic oxidation sites excluding steroid dienone is 2. The molecule has 2 atom stereocenters. The Hall–Kier alpha value is -3.05. The summed E-state index contributed by atoms with van der Waals surface area (Å²) < 4.78 is 54.9. The minimum absolute atomic E-state index is 0.0573.